The van der Waals surface area contributed by atoms with Crippen molar-refractivity contribution in [2.45, 2.75) is 18.2 Å². The molecule has 0 amide bonds. The molecule has 8 nitrogen and oxygen atoms in total. The number of anilines is 3. The maximum absolute atomic E-state index is 10.9. The van der Waals surface area contributed by atoms with Gasteiger partial charge in [-0.25, -0.2) is 9.97 Å². The number of nitrogens with one attached hydrogen (secondary N) is 1. The van der Waals surface area contributed by atoms with Gasteiger partial charge in [-0.15, -0.1) is 0 Å². The van der Waals surface area contributed by atoms with Gasteiger partial charge in [0.15, 0.2) is 11.6 Å². The van der Waals surface area contributed by atoms with Crippen LogP contribution in [-0.4, -0.2) is 57.5 Å². The van der Waals surface area contributed by atoms with E-state index >= 15 is 0 Å². The monoisotopic (exact) mass is 440 g/mol. The fourth-order valence-corrected chi connectivity index (χ4v) is 4.77. The molecule has 2 aliphatic rings. The molecule has 0 spiro atoms. The molecule has 6 rings (SSSR count). The van der Waals surface area contributed by atoms with Crippen LogP contribution in [0.5, 0.6) is 0 Å². The Bertz CT molecular complexity index is 1340. The largest absolute Gasteiger partial charge is 0.390 e. The molecule has 0 radical (unpaired) electrons. The Morgan fingerprint density at radius 3 is 2.15 bits per heavy atom. The molecule has 2 aromatic heterocycles. The summed E-state index contributed by atoms with van der Waals surface area (Å²) < 4.78 is 0. The first-order valence-corrected chi connectivity index (χ1v) is 11.0. The molecule has 2 atom stereocenters. The number of aliphatic hydroxyl groups is 2. The van der Waals surface area contributed by atoms with Gasteiger partial charge in [-0.3, -0.25) is 4.98 Å². The summed E-state index contributed by atoms with van der Waals surface area (Å²) in [4.78, 5) is 17.9. The lowest BCUT2D eigenvalue weighted by Crippen LogP contribution is -2.62. The third-order valence-electron chi connectivity index (χ3n) is 6.68. The van der Waals surface area contributed by atoms with Crippen LogP contribution in [0.4, 0.5) is 17.3 Å². The zero-order chi connectivity index (χ0) is 22.7. The normalized spacial score (nSPS) is 24.2. The van der Waals surface area contributed by atoms with Crippen molar-refractivity contribution in [3.63, 3.8) is 0 Å². The van der Waals surface area contributed by atoms with Crippen molar-refractivity contribution < 1.29 is 10.2 Å². The first-order valence-electron chi connectivity index (χ1n) is 11.0. The van der Waals surface area contributed by atoms with E-state index in [9.17, 15) is 10.2 Å². The third kappa shape index (κ3) is 3.02. The van der Waals surface area contributed by atoms with Crippen molar-refractivity contribution >= 4 is 39.3 Å². The van der Waals surface area contributed by atoms with Gasteiger partial charge in [0.25, 0.3) is 0 Å². The quantitative estimate of drug-likeness (QED) is 0.447. The molecule has 1 aliphatic carbocycles. The Kier molecular flexibility index (Phi) is 4.46. The summed E-state index contributed by atoms with van der Waals surface area (Å²) in [5.41, 5.74) is 3.27. The molecular formula is C25H24N6O2. The first-order chi connectivity index (χ1) is 16.0. The van der Waals surface area contributed by atoms with Crippen LogP contribution in [0.25, 0.3) is 21.9 Å². The van der Waals surface area contributed by atoms with Crippen LogP contribution in [0.3, 0.4) is 0 Å². The standard InChI is InChI=1S/C25H24N6O2/c1-30-19(31(2)25-24(30)28-16-9-3-4-10-17(16)29-25)13-15-22(32)21(23(15)33)27-18-11-5-7-14-8-6-12-26-20(14)18/h3-13,15,21-23,27,32-33H,1-2H3. The van der Waals surface area contributed by atoms with Crippen LogP contribution in [0.15, 0.2) is 72.7 Å². The maximum atomic E-state index is 10.9. The predicted molar refractivity (Wildman–Crippen MR) is 129 cm³/mol. The fourth-order valence-electron chi connectivity index (χ4n) is 4.77. The van der Waals surface area contributed by atoms with E-state index in [0.29, 0.717) is 0 Å². The number of rotatable bonds is 3. The average Bonchev–Trinajstić information content (AvgIpc) is 3.08. The van der Waals surface area contributed by atoms with E-state index in [2.05, 4.69) is 10.3 Å². The van der Waals surface area contributed by atoms with Gasteiger partial charge >= 0.3 is 0 Å². The van der Waals surface area contributed by atoms with Gasteiger partial charge in [-0.05, 0) is 30.3 Å². The van der Waals surface area contributed by atoms with E-state index in [1.54, 1.807) is 6.20 Å². The van der Waals surface area contributed by atoms with Gasteiger partial charge in [-0.1, -0.05) is 30.3 Å². The van der Waals surface area contributed by atoms with Gasteiger partial charge in [-0.2, -0.15) is 0 Å². The summed E-state index contributed by atoms with van der Waals surface area (Å²) in [7, 11) is 3.85. The molecule has 1 aliphatic heterocycles. The molecule has 0 bridgehead atoms. The van der Waals surface area contributed by atoms with Crippen LogP contribution in [0.1, 0.15) is 0 Å². The Hall–Kier alpha value is -3.75. The molecule has 2 unspecified atom stereocenters. The highest BCUT2D eigenvalue weighted by Crippen LogP contribution is 2.41. The van der Waals surface area contributed by atoms with Crippen molar-refractivity contribution in [2.75, 3.05) is 29.2 Å². The van der Waals surface area contributed by atoms with Crippen molar-refractivity contribution in [3.05, 3.63) is 72.7 Å². The number of fused-ring (bicyclic) bond motifs is 3. The fraction of sp³-hybridized carbons (Fsp3) is 0.240. The number of aromatic nitrogens is 3. The first kappa shape index (κ1) is 19.9. The van der Waals surface area contributed by atoms with Crippen LogP contribution in [0.2, 0.25) is 0 Å². The summed E-state index contributed by atoms with van der Waals surface area (Å²) >= 11 is 0. The Morgan fingerprint density at radius 1 is 0.848 bits per heavy atom. The van der Waals surface area contributed by atoms with E-state index in [1.807, 2.05) is 84.6 Å². The van der Waals surface area contributed by atoms with Gasteiger partial charge < -0.3 is 25.3 Å². The molecule has 0 saturated heterocycles. The van der Waals surface area contributed by atoms with Crippen LogP contribution in [0, 0.1) is 5.92 Å². The Balaban J connectivity index is 1.26. The summed E-state index contributed by atoms with van der Waals surface area (Å²) in [6.45, 7) is 0. The minimum Gasteiger partial charge on any atom is -0.390 e. The van der Waals surface area contributed by atoms with E-state index in [4.69, 9.17) is 9.97 Å². The molecule has 3 N–H and O–H groups in total. The van der Waals surface area contributed by atoms with Crippen molar-refractivity contribution in [2.24, 2.45) is 5.92 Å². The minimum absolute atomic E-state index is 0.422. The highest BCUT2D eigenvalue weighted by atomic mass is 16.3. The van der Waals surface area contributed by atoms with Gasteiger partial charge in [0.2, 0.25) is 0 Å². The summed E-state index contributed by atoms with van der Waals surface area (Å²) in [6.07, 6.45) is 2.14. The number of hydrogen-bond acceptors (Lipinski definition) is 8. The Morgan fingerprint density at radius 2 is 1.48 bits per heavy atom. The van der Waals surface area contributed by atoms with Gasteiger partial charge in [0.05, 0.1) is 40.5 Å². The number of nitrogens with zero attached hydrogens (tertiary/aromatic N) is 5. The third-order valence-corrected chi connectivity index (χ3v) is 6.68. The number of hydrogen-bond donors (Lipinski definition) is 3. The molecule has 8 heteroatoms. The summed E-state index contributed by atoms with van der Waals surface area (Å²) in [5, 5.41) is 26.1. The topological polar surface area (TPSA) is 97.6 Å². The summed E-state index contributed by atoms with van der Waals surface area (Å²) in [6, 6.07) is 17.0. The number of para-hydroxylation sites is 3. The highest BCUT2D eigenvalue weighted by Gasteiger charge is 2.49. The lowest BCUT2D eigenvalue weighted by atomic mass is 9.73. The lowest BCUT2D eigenvalue weighted by Gasteiger charge is -2.46. The van der Waals surface area contributed by atoms with E-state index in [-0.39, 0.29) is 0 Å². The molecule has 166 valence electrons. The Labute approximate surface area is 190 Å². The second kappa shape index (κ2) is 7.40. The van der Waals surface area contributed by atoms with Crippen molar-refractivity contribution in [1.29, 1.82) is 0 Å². The van der Waals surface area contributed by atoms with Gasteiger partial charge in [0.1, 0.15) is 5.82 Å². The smallest absolute Gasteiger partial charge is 0.178 e. The molecule has 1 saturated carbocycles. The average molecular weight is 441 g/mol. The molecule has 1 fully saturated rings. The molecule has 3 heterocycles. The van der Waals surface area contributed by atoms with E-state index in [0.717, 1.165) is 45.1 Å². The predicted octanol–water partition coefficient (Wildman–Crippen LogP) is 2.74. The van der Waals surface area contributed by atoms with Crippen LogP contribution < -0.4 is 15.1 Å². The zero-order valence-electron chi connectivity index (χ0n) is 18.3. The van der Waals surface area contributed by atoms with Gasteiger partial charge in [0, 0.05) is 31.6 Å². The maximum Gasteiger partial charge on any atom is 0.178 e. The number of benzene rings is 2. The highest BCUT2D eigenvalue weighted by molar-refractivity contribution is 5.90. The zero-order valence-corrected chi connectivity index (χ0v) is 18.3. The lowest BCUT2D eigenvalue weighted by molar-refractivity contribution is -0.0822. The van der Waals surface area contributed by atoms with Crippen molar-refractivity contribution in [1.82, 2.24) is 15.0 Å². The van der Waals surface area contributed by atoms with E-state index < -0.39 is 24.2 Å². The molecular weight excluding hydrogens is 416 g/mol. The molecule has 4 aromatic rings. The summed E-state index contributed by atoms with van der Waals surface area (Å²) in [5.74, 6) is 1.91. The number of aliphatic hydroxyl groups excluding tert-OH is 2. The van der Waals surface area contributed by atoms with Crippen LogP contribution >= 0.6 is 0 Å². The van der Waals surface area contributed by atoms with Crippen molar-refractivity contribution in [3.8, 4) is 0 Å². The molecule has 2 aromatic carbocycles. The minimum atomic E-state index is -0.753. The second-order valence-corrected chi connectivity index (χ2v) is 8.61. The van der Waals surface area contributed by atoms with Crippen LogP contribution in [-0.2, 0) is 0 Å². The number of pyridine rings is 1. The SMILES string of the molecule is CN1C(=CC2C(O)C(Nc3cccc4cccnc34)C2O)N(C)c2nc3ccccc3nc21. The molecule has 33 heavy (non-hydrogen) atoms. The van der Waals surface area contributed by atoms with E-state index in [1.165, 1.54) is 0 Å². The second-order valence-electron chi connectivity index (χ2n) is 8.61.